The number of carbonyl (C=O) groups is 4. The first-order chi connectivity index (χ1) is 27.4. The fraction of sp³-hybridized carbons (Fsp3) is 0.727. The summed E-state index contributed by atoms with van der Waals surface area (Å²) in [5.74, 6) is -8.28. The molecule has 0 radical (unpaired) electrons. The van der Waals surface area contributed by atoms with Gasteiger partial charge in [0, 0.05) is 37.5 Å². The molecule has 12 atom stereocenters. The van der Waals surface area contributed by atoms with Gasteiger partial charge in [0.05, 0.1) is 36.6 Å². The van der Waals surface area contributed by atoms with Crippen LogP contribution in [0.4, 0.5) is 0 Å². The molecule has 0 spiro atoms. The van der Waals surface area contributed by atoms with Gasteiger partial charge in [-0.1, -0.05) is 62.5 Å². The van der Waals surface area contributed by atoms with Crippen LogP contribution in [0.5, 0.6) is 0 Å². The van der Waals surface area contributed by atoms with Gasteiger partial charge in [-0.2, -0.15) is 0 Å². The molecule has 0 aromatic heterocycles. The Kier molecular flexibility index (Phi) is 20.6. The molecule has 14 heteroatoms. The molecule has 0 aliphatic carbocycles. The maximum atomic E-state index is 12.9. The van der Waals surface area contributed by atoms with E-state index in [1.807, 2.05) is 24.3 Å². The van der Waals surface area contributed by atoms with Gasteiger partial charge < -0.3 is 49.6 Å². The molecule has 2 unspecified atom stereocenters. The van der Waals surface area contributed by atoms with Gasteiger partial charge in [-0.05, 0) is 90.9 Å². The SMILES string of the molecule is C[C@@H]1CC[C@H]2CC(=O)C[C@@H](O)CC/C=C/C=C\CC[C@H](C)OC(=O)C(O)[C@]3(O)O[C@@H](CC[C@H]3C)CC(=O)C[C@@H](O)CC/C=C/C=C\CC[C@H](C)OC(=O)C(O)[C@]1(O)O2. The highest BCUT2D eigenvalue weighted by Crippen LogP contribution is 2.38. The number of aliphatic hydroxyl groups excluding tert-OH is 4. The van der Waals surface area contributed by atoms with E-state index in [0.29, 0.717) is 77.0 Å². The molecule has 2 fully saturated rings. The van der Waals surface area contributed by atoms with Crippen LogP contribution in [0.25, 0.3) is 0 Å². The molecule has 3 rings (SSSR count). The Hall–Kier alpha value is -3.08. The Morgan fingerprint density at radius 3 is 1.16 bits per heavy atom. The number of Topliss-reactive ketones (excluding diaryl/α,β-unsaturated/α-hetero) is 2. The minimum absolute atomic E-state index is 0.0925. The molecule has 3 aliphatic heterocycles. The minimum Gasteiger partial charge on any atom is -0.461 e. The van der Waals surface area contributed by atoms with Crippen LogP contribution in [0.1, 0.15) is 130 Å². The van der Waals surface area contributed by atoms with Gasteiger partial charge in [-0.15, -0.1) is 0 Å². The summed E-state index contributed by atoms with van der Waals surface area (Å²) in [6, 6.07) is 0. The molecule has 328 valence electrons. The second-order valence-corrected chi connectivity index (χ2v) is 16.5. The predicted octanol–water partition coefficient (Wildman–Crippen LogP) is 4.36. The van der Waals surface area contributed by atoms with Crippen LogP contribution in [0.2, 0.25) is 0 Å². The number of fused-ring (bicyclic) bond motifs is 4. The number of allylic oxidation sites excluding steroid dienone is 8. The standard InChI is InChI=1S/C44H68O14/c1-29-21-23-37-27-35(47)25-33(45)19-15-11-8-6-10-14-18-32(4)56-42(52)40(50)44(54)30(2)22-24-38(58-44)28-36(48)26-34(46)20-16-12-7-5-9-13-17-31(3)55-41(51)39(49)43(29,53)57-37/h5-12,29-34,37-40,45-46,49-50,53-54H,13-28H2,1-4H3/b9-5-,10-6-,11-8+,12-7+/t29-,30-,31+,32+,33+,34+,37+,38+,39?,40?,43-,44-/m1/s1. The minimum atomic E-state index is -2.24. The number of hydrogen-bond acceptors (Lipinski definition) is 14. The summed E-state index contributed by atoms with van der Waals surface area (Å²) in [5, 5.41) is 65.2. The van der Waals surface area contributed by atoms with Gasteiger partial charge in [-0.3, -0.25) is 9.59 Å². The zero-order valence-electron chi connectivity index (χ0n) is 34.7. The number of carbonyl (C=O) groups excluding carboxylic acids is 4. The van der Waals surface area contributed by atoms with E-state index in [0.717, 1.165) is 0 Å². The topological polar surface area (TPSA) is 227 Å². The molecule has 0 aromatic rings. The van der Waals surface area contributed by atoms with Crippen LogP contribution in [0.15, 0.2) is 48.6 Å². The highest BCUT2D eigenvalue weighted by molar-refractivity contribution is 5.80. The second kappa shape index (κ2) is 24.2. The van der Waals surface area contributed by atoms with E-state index in [2.05, 4.69) is 0 Å². The molecule has 3 heterocycles. The van der Waals surface area contributed by atoms with Crippen LogP contribution in [-0.2, 0) is 38.1 Å². The lowest BCUT2D eigenvalue weighted by atomic mass is 9.85. The summed E-state index contributed by atoms with van der Waals surface area (Å²) in [6.45, 7) is 6.65. The summed E-state index contributed by atoms with van der Waals surface area (Å²) < 4.78 is 22.4. The van der Waals surface area contributed by atoms with Crippen molar-refractivity contribution in [3.63, 3.8) is 0 Å². The molecule has 6 N–H and O–H groups in total. The van der Waals surface area contributed by atoms with Gasteiger partial charge in [0.2, 0.25) is 23.8 Å². The summed E-state index contributed by atoms with van der Waals surface area (Å²) in [4.78, 5) is 51.4. The normalized spacial score (nSPS) is 40.8. The smallest absolute Gasteiger partial charge is 0.340 e. The third-order valence-corrected chi connectivity index (χ3v) is 11.2. The number of aliphatic hydroxyl groups is 6. The maximum absolute atomic E-state index is 12.9. The summed E-state index contributed by atoms with van der Waals surface area (Å²) >= 11 is 0. The molecular formula is C44H68O14. The van der Waals surface area contributed by atoms with Crippen molar-refractivity contribution in [1.29, 1.82) is 0 Å². The van der Waals surface area contributed by atoms with E-state index in [1.54, 1.807) is 52.0 Å². The third-order valence-electron chi connectivity index (χ3n) is 11.2. The van der Waals surface area contributed by atoms with Crippen LogP contribution in [0.3, 0.4) is 0 Å². The van der Waals surface area contributed by atoms with E-state index < -0.39 is 84.2 Å². The largest absolute Gasteiger partial charge is 0.461 e. The van der Waals surface area contributed by atoms with Crippen molar-refractivity contribution in [2.24, 2.45) is 11.8 Å². The van der Waals surface area contributed by atoms with Gasteiger partial charge in [0.15, 0.2) is 0 Å². The van der Waals surface area contributed by atoms with E-state index in [4.69, 9.17) is 18.9 Å². The Labute approximate surface area is 343 Å². The average molecular weight is 821 g/mol. The number of ketones is 2. The molecule has 4 bridgehead atoms. The van der Waals surface area contributed by atoms with Crippen LogP contribution >= 0.6 is 0 Å². The lowest BCUT2D eigenvalue weighted by Gasteiger charge is -2.43. The monoisotopic (exact) mass is 820 g/mol. The molecule has 58 heavy (non-hydrogen) atoms. The Balaban J connectivity index is 1.63. The zero-order chi connectivity index (χ0) is 42.9. The molecule has 2 saturated heterocycles. The van der Waals surface area contributed by atoms with Gasteiger partial charge in [0.1, 0.15) is 11.6 Å². The molecule has 0 amide bonds. The predicted molar refractivity (Wildman–Crippen MR) is 214 cm³/mol. The summed E-state index contributed by atoms with van der Waals surface area (Å²) in [6.07, 6.45) is 11.1. The fourth-order valence-corrected chi connectivity index (χ4v) is 7.45. The first-order valence-electron chi connectivity index (χ1n) is 21.0. The van der Waals surface area contributed by atoms with Crippen molar-refractivity contribution in [3.05, 3.63) is 48.6 Å². The van der Waals surface area contributed by atoms with Crippen molar-refractivity contribution in [1.82, 2.24) is 0 Å². The van der Waals surface area contributed by atoms with E-state index in [1.165, 1.54) is 0 Å². The van der Waals surface area contributed by atoms with Crippen molar-refractivity contribution < 1.29 is 68.8 Å². The molecule has 3 aliphatic rings. The maximum Gasteiger partial charge on any atom is 0.340 e. The Bertz CT molecular complexity index is 1330. The number of cyclic esters (lactones) is 2. The highest BCUT2D eigenvalue weighted by Gasteiger charge is 2.52. The van der Waals surface area contributed by atoms with Crippen molar-refractivity contribution >= 4 is 23.5 Å². The summed E-state index contributed by atoms with van der Waals surface area (Å²) in [7, 11) is 0. The first-order valence-corrected chi connectivity index (χ1v) is 21.0. The number of ether oxygens (including phenoxy) is 4. The van der Waals surface area contributed by atoms with Crippen molar-refractivity contribution in [2.75, 3.05) is 0 Å². The zero-order valence-corrected chi connectivity index (χ0v) is 34.7. The fourth-order valence-electron chi connectivity index (χ4n) is 7.45. The summed E-state index contributed by atoms with van der Waals surface area (Å²) in [5.41, 5.74) is 0. The molecular weight excluding hydrogens is 752 g/mol. The van der Waals surface area contributed by atoms with Gasteiger partial charge in [-0.25, -0.2) is 9.59 Å². The van der Waals surface area contributed by atoms with Gasteiger partial charge >= 0.3 is 11.9 Å². The molecule has 0 aromatic carbocycles. The van der Waals surface area contributed by atoms with Crippen molar-refractivity contribution in [3.8, 4) is 0 Å². The van der Waals surface area contributed by atoms with Gasteiger partial charge in [0.25, 0.3) is 0 Å². The Morgan fingerprint density at radius 1 is 0.483 bits per heavy atom. The molecule has 14 nitrogen and oxygen atoms in total. The highest BCUT2D eigenvalue weighted by atomic mass is 16.7. The van der Waals surface area contributed by atoms with Crippen LogP contribution < -0.4 is 0 Å². The van der Waals surface area contributed by atoms with E-state index >= 15 is 0 Å². The average Bonchev–Trinajstić information content (AvgIpc) is 3.15. The molecule has 0 saturated carbocycles. The number of rotatable bonds is 0. The first kappa shape index (κ1) is 49.3. The number of esters is 2. The van der Waals surface area contributed by atoms with Crippen LogP contribution in [0, 0.1) is 11.8 Å². The van der Waals surface area contributed by atoms with Crippen LogP contribution in [-0.4, -0.2) is 115 Å². The van der Waals surface area contributed by atoms with E-state index in [-0.39, 0.29) is 37.2 Å². The van der Waals surface area contributed by atoms with Crippen molar-refractivity contribution in [2.45, 2.75) is 191 Å². The second-order valence-electron chi connectivity index (χ2n) is 16.5. The lowest BCUT2D eigenvalue weighted by molar-refractivity contribution is -0.317. The van der Waals surface area contributed by atoms with E-state index in [9.17, 15) is 49.8 Å². The lowest BCUT2D eigenvalue weighted by Crippen LogP contribution is -2.58. The number of hydrogen-bond donors (Lipinski definition) is 6. The Morgan fingerprint density at radius 2 is 0.810 bits per heavy atom. The quantitative estimate of drug-likeness (QED) is 0.187. The third kappa shape index (κ3) is 15.8.